The van der Waals surface area contributed by atoms with E-state index in [9.17, 15) is 0 Å². The second-order valence-electron chi connectivity index (χ2n) is 2.02. The molecule has 1 aromatic rings. The minimum absolute atomic E-state index is 0.718. The second-order valence-corrected chi connectivity index (χ2v) is 2.02. The number of rotatable bonds is 1. The van der Waals surface area contributed by atoms with Gasteiger partial charge < -0.3 is 4.42 Å². The normalized spacial score (nSPS) is 12.9. The number of hydrogen-bond acceptors (Lipinski definition) is 2. The molecule has 0 aliphatic carbocycles. The van der Waals surface area contributed by atoms with Gasteiger partial charge in [-0.3, -0.25) is 4.99 Å². The summed E-state index contributed by atoms with van der Waals surface area (Å²) in [6, 6.07) is 1.80. The van der Waals surface area contributed by atoms with Crippen LogP contribution in [0, 0.1) is 0 Å². The zero-order chi connectivity index (χ0) is 7.56. The third-order valence-corrected chi connectivity index (χ3v) is 1.31. The fourth-order valence-electron chi connectivity index (χ4n) is 0.725. The Morgan fingerprint density at radius 1 is 1.70 bits per heavy atom. The van der Waals surface area contributed by atoms with Crippen molar-refractivity contribution in [2.24, 2.45) is 4.99 Å². The molecule has 0 amide bonds. The fraction of sp³-hybridized carbons (Fsp3) is 0.125. The summed E-state index contributed by atoms with van der Waals surface area (Å²) in [5.41, 5.74) is 1.49. The third kappa shape index (κ3) is 1.00. The molecule has 52 valence electrons. The lowest BCUT2D eigenvalue weighted by atomic mass is 10.4. The Morgan fingerprint density at radius 2 is 2.40 bits per heavy atom. The molecule has 2 nitrogen and oxygen atoms in total. The maximum absolute atomic E-state index is 5.08. The summed E-state index contributed by atoms with van der Waals surface area (Å²) < 4.78 is 5.08. The first-order valence-electron chi connectivity index (χ1n) is 2.96. The number of furan rings is 1. The van der Waals surface area contributed by atoms with E-state index < -0.39 is 0 Å². The van der Waals surface area contributed by atoms with Gasteiger partial charge in [0.2, 0.25) is 0 Å². The summed E-state index contributed by atoms with van der Waals surface area (Å²) in [6.07, 6.45) is 1.59. The molecular formula is C8H9NO. The van der Waals surface area contributed by atoms with Crippen LogP contribution in [0.3, 0.4) is 0 Å². The first kappa shape index (κ1) is 6.81. The van der Waals surface area contributed by atoms with Crippen LogP contribution < -0.4 is 10.6 Å². The van der Waals surface area contributed by atoms with Crippen molar-refractivity contribution in [1.82, 2.24) is 0 Å². The van der Waals surface area contributed by atoms with E-state index in [1.165, 1.54) is 0 Å². The van der Waals surface area contributed by atoms with Crippen molar-refractivity contribution < 1.29 is 4.42 Å². The molecule has 0 unspecified atom stereocenters. The largest absolute Gasteiger partial charge is 0.462 e. The van der Waals surface area contributed by atoms with Crippen molar-refractivity contribution in [2.75, 3.05) is 0 Å². The summed E-state index contributed by atoms with van der Waals surface area (Å²) in [5.74, 6) is 0. The monoisotopic (exact) mass is 135 g/mol. The Labute approximate surface area is 59.2 Å². The van der Waals surface area contributed by atoms with Crippen LogP contribution in [0.15, 0.2) is 21.7 Å². The lowest BCUT2D eigenvalue weighted by molar-refractivity contribution is 0.527. The van der Waals surface area contributed by atoms with E-state index in [0.29, 0.717) is 0 Å². The molecule has 0 aromatic carbocycles. The van der Waals surface area contributed by atoms with Crippen molar-refractivity contribution in [2.45, 2.75) is 6.92 Å². The molecular weight excluding hydrogens is 126 g/mol. The number of nitrogens with zero attached hydrogens (tertiary/aromatic N) is 1. The minimum Gasteiger partial charge on any atom is -0.462 e. The summed E-state index contributed by atoms with van der Waals surface area (Å²) in [7, 11) is 0. The molecule has 0 aliphatic rings. The van der Waals surface area contributed by atoms with Crippen LogP contribution in [0.5, 0.6) is 0 Å². The van der Waals surface area contributed by atoms with Crippen LogP contribution in [0.1, 0.15) is 6.92 Å². The molecule has 0 radical (unpaired) electrons. The van der Waals surface area contributed by atoms with Gasteiger partial charge in [0.15, 0.2) is 5.42 Å². The summed E-state index contributed by atoms with van der Waals surface area (Å²) >= 11 is 0. The Hall–Kier alpha value is -1.31. The van der Waals surface area contributed by atoms with Gasteiger partial charge in [-0.05, 0) is 19.7 Å². The third-order valence-electron chi connectivity index (χ3n) is 1.31. The number of aliphatic imine (C=N–C) groups is 1. The van der Waals surface area contributed by atoms with E-state index in [2.05, 4.69) is 18.3 Å². The molecule has 10 heavy (non-hydrogen) atoms. The maximum atomic E-state index is 5.08. The maximum Gasteiger partial charge on any atom is 0.154 e. The summed E-state index contributed by atoms with van der Waals surface area (Å²) in [4.78, 5) is 3.72. The Morgan fingerprint density at radius 3 is 2.80 bits per heavy atom. The molecule has 1 heterocycles. The Bertz CT molecular complexity index is 334. The average Bonchev–Trinajstić information content (AvgIpc) is 2.34. The van der Waals surface area contributed by atoms with Crippen LogP contribution in [-0.2, 0) is 0 Å². The highest BCUT2D eigenvalue weighted by Crippen LogP contribution is 1.86. The molecule has 0 saturated heterocycles. The topological polar surface area (TPSA) is 25.5 Å². The molecule has 1 rings (SSSR count). The SMILES string of the molecule is C=N/C(C)=c1/occc1=C. The summed E-state index contributed by atoms with van der Waals surface area (Å²) in [5, 5.41) is 0.852. The lowest BCUT2D eigenvalue weighted by Gasteiger charge is -1.83. The first-order chi connectivity index (χ1) is 4.75. The number of hydrogen-bond donors (Lipinski definition) is 0. The van der Waals surface area contributed by atoms with E-state index in [-0.39, 0.29) is 0 Å². The molecule has 0 atom stereocenters. The van der Waals surface area contributed by atoms with Gasteiger partial charge >= 0.3 is 0 Å². The van der Waals surface area contributed by atoms with Gasteiger partial charge in [-0.25, -0.2) is 0 Å². The lowest BCUT2D eigenvalue weighted by Crippen LogP contribution is -2.18. The van der Waals surface area contributed by atoms with E-state index in [0.717, 1.165) is 16.3 Å². The van der Waals surface area contributed by atoms with Crippen molar-refractivity contribution in [3.8, 4) is 0 Å². The van der Waals surface area contributed by atoms with Gasteiger partial charge in [0, 0.05) is 5.22 Å². The quantitative estimate of drug-likeness (QED) is 0.515. The van der Waals surface area contributed by atoms with Crippen LogP contribution in [0.4, 0.5) is 0 Å². The predicted molar refractivity (Wildman–Crippen MR) is 42.1 cm³/mol. The average molecular weight is 135 g/mol. The first-order valence-corrected chi connectivity index (χ1v) is 2.96. The minimum atomic E-state index is 0.718. The van der Waals surface area contributed by atoms with Crippen molar-refractivity contribution in [3.63, 3.8) is 0 Å². The highest BCUT2D eigenvalue weighted by Gasteiger charge is 1.89. The fourth-order valence-corrected chi connectivity index (χ4v) is 0.725. The molecule has 1 aromatic heterocycles. The second kappa shape index (κ2) is 2.52. The molecule has 0 saturated carbocycles. The highest BCUT2D eigenvalue weighted by molar-refractivity contribution is 5.46. The van der Waals surface area contributed by atoms with Crippen molar-refractivity contribution >= 4 is 19.0 Å². The Kier molecular flexibility index (Phi) is 1.71. The standard InChI is InChI=1S/C8H9NO/c1-6-4-5-10-8(6)7(2)9-3/h4-5H,1,3H2,2H3/b8-7+. The molecule has 0 aliphatic heterocycles. The van der Waals surface area contributed by atoms with Crippen molar-refractivity contribution in [3.05, 3.63) is 23.0 Å². The van der Waals surface area contributed by atoms with E-state index in [4.69, 9.17) is 4.42 Å². The Balaban J connectivity index is 3.55. The van der Waals surface area contributed by atoms with Crippen LogP contribution in [-0.4, -0.2) is 6.72 Å². The van der Waals surface area contributed by atoms with Gasteiger partial charge in [0.05, 0.1) is 12.0 Å². The smallest absolute Gasteiger partial charge is 0.154 e. The molecule has 0 spiro atoms. The van der Waals surface area contributed by atoms with Gasteiger partial charge in [0.1, 0.15) is 0 Å². The van der Waals surface area contributed by atoms with Crippen LogP contribution in [0.25, 0.3) is 12.3 Å². The molecule has 0 fully saturated rings. The van der Waals surface area contributed by atoms with Crippen molar-refractivity contribution in [1.29, 1.82) is 0 Å². The van der Waals surface area contributed by atoms with Crippen LogP contribution in [0.2, 0.25) is 0 Å². The van der Waals surface area contributed by atoms with Gasteiger partial charge in [-0.15, -0.1) is 0 Å². The molecule has 2 heteroatoms. The predicted octanol–water partition coefficient (Wildman–Crippen LogP) is 0.519. The zero-order valence-electron chi connectivity index (χ0n) is 5.92. The van der Waals surface area contributed by atoms with Gasteiger partial charge in [-0.2, -0.15) is 0 Å². The van der Waals surface area contributed by atoms with E-state index in [1.807, 2.05) is 6.92 Å². The highest BCUT2D eigenvalue weighted by atomic mass is 16.3. The molecule has 0 bridgehead atoms. The zero-order valence-corrected chi connectivity index (χ0v) is 5.92. The van der Waals surface area contributed by atoms with E-state index in [1.54, 1.807) is 12.3 Å². The molecule has 0 N–H and O–H groups in total. The van der Waals surface area contributed by atoms with Gasteiger partial charge in [-0.1, -0.05) is 6.58 Å². The summed E-state index contributed by atoms with van der Waals surface area (Å²) in [6.45, 7) is 8.96. The van der Waals surface area contributed by atoms with Gasteiger partial charge in [0.25, 0.3) is 0 Å². The van der Waals surface area contributed by atoms with Crippen LogP contribution >= 0.6 is 0 Å². The van der Waals surface area contributed by atoms with E-state index >= 15 is 0 Å².